The van der Waals surface area contributed by atoms with Gasteiger partial charge in [0.05, 0.1) is 0 Å². The van der Waals surface area contributed by atoms with Crippen molar-refractivity contribution < 1.29 is 8.85 Å². The molecule has 2 nitrogen and oxygen atoms in total. The predicted octanol–water partition coefficient (Wildman–Crippen LogP) is 8.95. The molecule has 0 amide bonds. The summed E-state index contributed by atoms with van der Waals surface area (Å²) in [5, 5.41) is 2.44. The molecule has 0 aliphatic carbocycles. The van der Waals surface area contributed by atoms with Gasteiger partial charge in [0.1, 0.15) is 0 Å². The summed E-state index contributed by atoms with van der Waals surface area (Å²) in [6.45, 7) is 5.93. The zero-order chi connectivity index (χ0) is 27.0. The van der Waals surface area contributed by atoms with Crippen LogP contribution >= 0.6 is 0 Å². The minimum atomic E-state index is -2.75. The largest absolute Gasteiger partial charge is 0.407 e. The Morgan fingerprint density at radius 2 is 0.921 bits per heavy atom. The molecule has 0 unspecified atom stereocenters. The second-order valence-electron chi connectivity index (χ2n) is 10.5. The van der Waals surface area contributed by atoms with Gasteiger partial charge in [-0.3, -0.25) is 0 Å². The lowest BCUT2D eigenvalue weighted by Gasteiger charge is -2.31. The summed E-state index contributed by atoms with van der Waals surface area (Å²) in [6.07, 6.45) is 21.3. The molecule has 0 aliphatic heterocycles. The Morgan fingerprint density at radius 3 is 1.37 bits per heavy atom. The molecular formula is C35H54O2Si. The van der Waals surface area contributed by atoms with Gasteiger partial charge in [-0.05, 0) is 29.6 Å². The molecule has 2 aromatic carbocycles. The Balaban J connectivity index is 1.87. The molecule has 0 atom stereocenters. The highest BCUT2D eigenvalue weighted by atomic mass is 28.4. The van der Waals surface area contributed by atoms with Crippen LogP contribution in [0.2, 0.25) is 0 Å². The van der Waals surface area contributed by atoms with Crippen LogP contribution in [0.3, 0.4) is 0 Å². The van der Waals surface area contributed by atoms with Crippen LogP contribution in [-0.4, -0.2) is 21.8 Å². The van der Waals surface area contributed by atoms with Gasteiger partial charge in [0.25, 0.3) is 0 Å². The third-order valence-corrected chi connectivity index (χ3v) is 10.6. The van der Waals surface area contributed by atoms with Crippen LogP contribution in [-0.2, 0) is 8.85 Å². The van der Waals surface area contributed by atoms with Crippen molar-refractivity contribution in [3.63, 3.8) is 0 Å². The maximum atomic E-state index is 6.86. The fourth-order valence-electron chi connectivity index (χ4n) is 4.94. The van der Waals surface area contributed by atoms with E-state index in [0.717, 1.165) is 38.9 Å². The van der Waals surface area contributed by atoms with E-state index in [1.54, 1.807) is 0 Å². The molecule has 0 fully saturated rings. The molecule has 0 N–H and O–H groups in total. The van der Waals surface area contributed by atoms with Crippen molar-refractivity contribution in [2.45, 2.75) is 123 Å². The summed E-state index contributed by atoms with van der Waals surface area (Å²) in [4.78, 5) is 0. The molecule has 0 heterocycles. The molecule has 0 aromatic heterocycles. The van der Waals surface area contributed by atoms with E-state index in [1.807, 2.05) is 0 Å². The topological polar surface area (TPSA) is 18.5 Å². The highest BCUT2D eigenvalue weighted by Crippen LogP contribution is 2.15. The van der Waals surface area contributed by atoms with Crippen LogP contribution in [0.1, 0.15) is 123 Å². The lowest BCUT2D eigenvalue weighted by molar-refractivity contribution is 0.184. The molecular weight excluding hydrogens is 480 g/mol. The Kier molecular flexibility index (Phi) is 18.7. The van der Waals surface area contributed by atoms with Gasteiger partial charge in [0.15, 0.2) is 0 Å². The van der Waals surface area contributed by atoms with Crippen LogP contribution in [0, 0.1) is 11.8 Å². The van der Waals surface area contributed by atoms with Crippen LogP contribution in [0.5, 0.6) is 0 Å². The summed E-state index contributed by atoms with van der Waals surface area (Å²) >= 11 is 0. The van der Waals surface area contributed by atoms with Crippen LogP contribution in [0.25, 0.3) is 0 Å². The van der Waals surface area contributed by atoms with Crippen LogP contribution in [0.15, 0.2) is 60.7 Å². The maximum Gasteiger partial charge on any atom is 0.407 e. The Bertz CT molecular complexity index is 816. The van der Waals surface area contributed by atoms with Gasteiger partial charge >= 0.3 is 8.56 Å². The van der Waals surface area contributed by atoms with Gasteiger partial charge in [-0.15, -0.1) is 11.8 Å². The van der Waals surface area contributed by atoms with Crippen molar-refractivity contribution in [2.24, 2.45) is 0 Å². The van der Waals surface area contributed by atoms with Crippen molar-refractivity contribution >= 4 is 18.9 Å². The van der Waals surface area contributed by atoms with Crippen molar-refractivity contribution in [3.05, 3.63) is 60.7 Å². The number of benzene rings is 2. The highest BCUT2D eigenvalue weighted by molar-refractivity contribution is 6.92. The Morgan fingerprint density at radius 1 is 0.500 bits per heavy atom. The van der Waals surface area contributed by atoms with Crippen LogP contribution < -0.4 is 10.4 Å². The van der Waals surface area contributed by atoms with E-state index in [-0.39, 0.29) is 0 Å². The minimum absolute atomic E-state index is 0.760. The molecule has 0 radical (unpaired) electrons. The Labute approximate surface area is 236 Å². The van der Waals surface area contributed by atoms with E-state index < -0.39 is 8.56 Å². The summed E-state index contributed by atoms with van der Waals surface area (Å²) in [5.74, 6) is 6.42. The minimum Gasteiger partial charge on any atom is -0.388 e. The highest BCUT2D eigenvalue weighted by Gasteiger charge is 2.42. The first-order chi connectivity index (χ1) is 18.8. The first-order valence-corrected chi connectivity index (χ1v) is 17.5. The molecule has 0 aliphatic rings. The summed E-state index contributed by atoms with van der Waals surface area (Å²) in [7, 11) is -2.75. The van der Waals surface area contributed by atoms with Crippen LogP contribution in [0.4, 0.5) is 0 Å². The number of hydrogen-bond acceptors (Lipinski definition) is 2. The van der Waals surface area contributed by atoms with Gasteiger partial charge in [0.2, 0.25) is 0 Å². The zero-order valence-electron chi connectivity index (χ0n) is 24.5. The van der Waals surface area contributed by atoms with Crippen molar-refractivity contribution in [3.8, 4) is 11.8 Å². The average Bonchev–Trinajstić information content (AvgIpc) is 2.96. The SMILES string of the molecule is CCC#CCCCCCCCCO[Si](OCCCCCCCCCCC)(c1ccccc1)c1ccccc1. The smallest absolute Gasteiger partial charge is 0.388 e. The van der Waals surface area contributed by atoms with Crippen molar-refractivity contribution in [1.82, 2.24) is 0 Å². The Hall–Kier alpha value is -1.86. The number of unbranched alkanes of at least 4 members (excludes halogenated alkanes) is 14. The first kappa shape index (κ1) is 32.3. The van der Waals surface area contributed by atoms with Gasteiger partial charge in [-0.25, -0.2) is 0 Å². The lowest BCUT2D eigenvalue weighted by atomic mass is 10.1. The lowest BCUT2D eigenvalue weighted by Crippen LogP contribution is -2.63. The van der Waals surface area contributed by atoms with Gasteiger partial charge in [0, 0.05) is 26.1 Å². The van der Waals surface area contributed by atoms with Gasteiger partial charge < -0.3 is 8.85 Å². The van der Waals surface area contributed by atoms with Gasteiger partial charge in [-0.1, -0.05) is 152 Å². The molecule has 2 rings (SSSR count). The normalized spacial score (nSPS) is 11.3. The molecule has 0 bridgehead atoms. The van der Waals surface area contributed by atoms with E-state index in [0.29, 0.717) is 0 Å². The second kappa shape index (κ2) is 22.0. The fourth-order valence-corrected chi connectivity index (χ4v) is 8.15. The van der Waals surface area contributed by atoms with E-state index in [9.17, 15) is 0 Å². The maximum absolute atomic E-state index is 6.86. The first-order valence-electron chi connectivity index (χ1n) is 15.7. The number of hydrogen-bond donors (Lipinski definition) is 0. The van der Waals surface area contributed by atoms with E-state index in [1.165, 1.54) is 93.8 Å². The molecule has 210 valence electrons. The second-order valence-corrected chi connectivity index (χ2v) is 13.4. The third-order valence-electron chi connectivity index (χ3n) is 7.16. The van der Waals surface area contributed by atoms with Gasteiger partial charge in [-0.2, -0.15) is 0 Å². The van der Waals surface area contributed by atoms with E-state index in [4.69, 9.17) is 8.85 Å². The average molecular weight is 535 g/mol. The molecule has 0 spiro atoms. The summed E-state index contributed by atoms with van der Waals surface area (Å²) in [5.41, 5.74) is 0. The standard InChI is InChI=1S/C35H54O2Si/c1-3-5-7-9-11-13-15-17-19-27-33-37-38(34-28-22-20-23-29-34,35-30-24-21-25-31-35)36-32-26-18-16-14-12-10-8-6-4-2/h20-25,28-31H,3-4,6,8-19,26-27,32-33H2,1-2H3. The van der Waals surface area contributed by atoms with E-state index in [2.05, 4.69) is 86.4 Å². The fraction of sp³-hybridized carbons (Fsp3) is 0.600. The third kappa shape index (κ3) is 13.3. The van der Waals surface area contributed by atoms with Crippen molar-refractivity contribution in [2.75, 3.05) is 13.2 Å². The number of rotatable bonds is 22. The summed E-state index contributed by atoms with van der Waals surface area (Å²) in [6, 6.07) is 21.5. The molecule has 2 aromatic rings. The van der Waals surface area contributed by atoms with E-state index >= 15 is 0 Å². The quantitative estimate of drug-likeness (QED) is 0.0852. The monoisotopic (exact) mass is 534 g/mol. The molecule has 0 saturated heterocycles. The zero-order valence-corrected chi connectivity index (χ0v) is 25.5. The molecule has 38 heavy (non-hydrogen) atoms. The predicted molar refractivity (Wildman–Crippen MR) is 167 cm³/mol. The van der Waals surface area contributed by atoms with Crippen molar-refractivity contribution in [1.29, 1.82) is 0 Å². The molecule has 0 saturated carbocycles. The summed E-state index contributed by atoms with van der Waals surface area (Å²) < 4.78 is 13.7. The molecule has 3 heteroatoms.